The van der Waals surface area contributed by atoms with Crippen LogP contribution in [0, 0.1) is 0 Å². The van der Waals surface area contributed by atoms with Crippen LogP contribution in [0.15, 0.2) is 42.6 Å². The number of nitrogens with zero attached hydrogens (tertiary/aromatic N) is 1. The average Bonchev–Trinajstić information content (AvgIpc) is 2.76. The van der Waals surface area contributed by atoms with Crippen LogP contribution in [-0.2, 0) is 13.6 Å². The van der Waals surface area contributed by atoms with Crippen LogP contribution in [0.25, 0.3) is 0 Å². The van der Waals surface area contributed by atoms with Gasteiger partial charge in [0.15, 0.2) is 0 Å². The first kappa shape index (κ1) is 11.4. The van der Waals surface area contributed by atoms with Gasteiger partial charge in [0.25, 0.3) is 5.91 Å². The fraction of sp³-hybridized carbons (Fsp3) is 0.154. The van der Waals surface area contributed by atoms with Gasteiger partial charge < -0.3 is 15.6 Å². The highest BCUT2D eigenvalue weighted by Gasteiger charge is 2.10. The lowest BCUT2D eigenvalue weighted by Crippen LogP contribution is -2.17. The van der Waals surface area contributed by atoms with Gasteiger partial charge in [0.05, 0.1) is 0 Å². The van der Waals surface area contributed by atoms with Gasteiger partial charge in [-0.1, -0.05) is 18.2 Å². The molecule has 1 amide bonds. The molecule has 0 saturated carbocycles. The van der Waals surface area contributed by atoms with E-state index < -0.39 is 0 Å². The molecule has 0 unspecified atom stereocenters. The Labute approximate surface area is 100 Å². The van der Waals surface area contributed by atoms with Gasteiger partial charge >= 0.3 is 0 Å². The van der Waals surface area contributed by atoms with Gasteiger partial charge in [-0.2, -0.15) is 0 Å². The molecule has 0 radical (unpaired) electrons. The minimum Gasteiger partial charge on any atom is -0.347 e. The van der Waals surface area contributed by atoms with E-state index in [1.165, 1.54) is 0 Å². The summed E-state index contributed by atoms with van der Waals surface area (Å²) >= 11 is 0. The van der Waals surface area contributed by atoms with Crippen LogP contribution in [0.4, 0.5) is 5.69 Å². The number of anilines is 1. The number of hydrogen-bond acceptors (Lipinski definition) is 2. The molecule has 2 aromatic rings. The lowest BCUT2D eigenvalue weighted by atomic mass is 10.2. The standard InChI is InChI=1S/C13H15N3O/c1-16-8-4-7-12(16)13(17)15-11-6-3-2-5-10(11)9-14/h2-8H,9,14H2,1H3,(H,15,17). The number of aromatic nitrogens is 1. The van der Waals surface area contributed by atoms with Gasteiger partial charge in [-0.25, -0.2) is 0 Å². The van der Waals surface area contributed by atoms with Gasteiger partial charge in [0.1, 0.15) is 5.69 Å². The summed E-state index contributed by atoms with van der Waals surface area (Å²) in [5.74, 6) is -0.126. The van der Waals surface area contributed by atoms with E-state index in [9.17, 15) is 4.79 Å². The average molecular weight is 229 g/mol. The Morgan fingerprint density at radius 3 is 2.71 bits per heavy atom. The summed E-state index contributed by atoms with van der Waals surface area (Å²) in [6.45, 7) is 0.406. The maximum atomic E-state index is 12.0. The molecule has 0 aliphatic carbocycles. The topological polar surface area (TPSA) is 60.0 Å². The summed E-state index contributed by atoms with van der Waals surface area (Å²) in [5.41, 5.74) is 7.93. The molecule has 0 saturated heterocycles. The van der Waals surface area contributed by atoms with Crippen LogP contribution in [0.2, 0.25) is 0 Å². The number of carbonyl (C=O) groups excluding carboxylic acids is 1. The molecule has 88 valence electrons. The second-order valence-electron chi connectivity index (χ2n) is 3.82. The molecule has 0 bridgehead atoms. The van der Waals surface area contributed by atoms with E-state index in [0.29, 0.717) is 12.2 Å². The van der Waals surface area contributed by atoms with Crippen LogP contribution in [0.3, 0.4) is 0 Å². The Morgan fingerprint density at radius 1 is 1.29 bits per heavy atom. The summed E-state index contributed by atoms with van der Waals surface area (Å²) in [4.78, 5) is 12.0. The van der Waals surface area contributed by atoms with Crippen molar-refractivity contribution in [2.24, 2.45) is 12.8 Å². The molecule has 0 spiro atoms. The fourth-order valence-electron chi connectivity index (χ4n) is 1.70. The van der Waals surface area contributed by atoms with Crippen molar-refractivity contribution in [2.45, 2.75) is 6.54 Å². The number of amides is 1. The van der Waals surface area contributed by atoms with E-state index in [1.807, 2.05) is 43.6 Å². The normalized spacial score (nSPS) is 10.2. The third-order valence-electron chi connectivity index (χ3n) is 2.66. The van der Waals surface area contributed by atoms with Crippen LogP contribution in [-0.4, -0.2) is 10.5 Å². The predicted molar refractivity (Wildman–Crippen MR) is 67.7 cm³/mol. The summed E-state index contributed by atoms with van der Waals surface area (Å²) in [7, 11) is 1.84. The number of rotatable bonds is 3. The third kappa shape index (κ3) is 2.37. The second-order valence-corrected chi connectivity index (χ2v) is 3.82. The highest BCUT2D eigenvalue weighted by molar-refractivity contribution is 6.03. The van der Waals surface area contributed by atoms with Gasteiger partial charge in [-0.3, -0.25) is 4.79 Å². The highest BCUT2D eigenvalue weighted by atomic mass is 16.1. The van der Waals surface area contributed by atoms with Crippen molar-refractivity contribution in [1.29, 1.82) is 0 Å². The number of hydrogen-bond donors (Lipinski definition) is 2. The molecule has 1 aromatic carbocycles. The van der Waals surface area contributed by atoms with Gasteiger partial charge in [0.2, 0.25) is 0 Å². The first-order chi connectivity index (χ1) is 8.22. The molecular formula is C13H15N3O. The fourth-order valence-corrected chi connectivity index (χ4v) is 1.70. The number of benzene rings is 1. The zero-order valence-electron chi connectivity index (χ0n) is 9.68. The van der Waals surface area contributed by atoms with E-state index in [1.54, 1.807) is 10.6 Å². The second kappa shape index (κ2) is 4.84. The van der Waals surface area contributed by atoms with E-state index in [4.69, 9.17) is 5.73 Å². The molecule has 0 aliphatic rings. The van der Waals surface area contributed by atoms with Crippen molar-refractivity contribution in [3.05, 3.63) is 53.9 Å². The molecule has 4 heteroatoms. The van der Waals surface area contributed by atoms with E-state index in [2.05, 4.69) is 5.32 Å². The maximum Gasteiger partial charge on any atom is 0.272 e. The monoisotopic (exact) mass is 229 g/mol. The Hall–Kier alpha value is -2.07. The highest BCUT2D eigenvalue weighted by Crippen LogP contribution is 2.15. The first-order valence-electron chi connectivity index (χ1n) is 5.43. The minimum atomic E-state index is -0.126. The van der Waals surface area contributed by atoms with Crippen molar-refractivity contribution >= 4 is 11.6 Å². The lowest BCUT2D eigenvalue weighted by molar-refractivity contribution is 0.101. The molecule has 1 aromatic heterocycles. The van der Waals surface area contributed by atoms with Crippen LogP contribution < -0.4 is 11.1 Å². The molecule has 2 rings (SSSR count). The van der Waals surface area contributed by atoms with Crippen LogP contribution in [0.5, 0.6) is 0 Å². The molecule has 0 fully saturated rings. The van der Waals surface area contributed by atoms with Crippen molar-refractivity contribution in [1.82, 2.24) is 4.57 Å². The Morgan fingerprint density at radius 2 is 2.06 bits per heavy atom. The molecule has 0 aliphatic heterocycles. The first-order valence-corrected chi connectivity index (χ1v) is 5.43. The Kier molecular flexibility index (Phi) is 3.25. The van der Waals surface area contributed by atoms with Crippen molar-refractivity contribution in [3.63, 3.8) is 0 Å². The third-order valence-corrected chi connectivity index (χ3v) is 2.66. The van der Waals surface area contributed by atoms with Crippen LogP contribution in [0.1, 0.15) is 16.1 Å². The molecular weight excluding hydrogens is 214 g/mol. The number of aryl methyl sites for hydroxylation is 1. The lowest BCUT2D eigenvalue weighted by Gasteiger charge is -2.09. The summed E-state index contributed by atoms with van der Waals surface area (Å²) < 4.78 is 1.78. The number of nitrogens with two attached hydrogens (primary N) is 1. The summed E-state index contributed by atoms with van der Waals surface area (Å²) in [6, 6.07) is 11.1. The largest absolute Gasteiger partial charge is 0.347 e. The molecule has 1 heterocycles. The number of para-hydroxylation sites is 1. The van der Waals surface area contributed by atoms with Gasteiger partial charge in [0, 0.05) is 25.5 Å². The molecule has 17 heavy (non-hydrogen) atoms. The molecule has 3 N–H and O–H groups in total. The minimum absolute atomic E-state index is 0.126. The van der Waals surface area contributed by atoms with Crippen LogP contribution >= 0.6 is 0 Å². The SMILES string of the molecule is Cn1cccc1C(=O)Nc1ccccc1CN. The van der Waals surface area contributed by atoms with Crippen molar-refractivity contribution < 1.29 is 4.79 Å². The Balaban J connectivity index is 2.22. The van der Waals surface area contributed by atoms with Crippen molar-refractivity contribution in [3.8, 4) is 0 Å². The molecule has 0 atom stereocenters. The number of nitrogens with one attached hydrogen (secondary N) is 1. The summed E-state index contributed by atoms with van der Waals surface area (Å²) in [5, 5.41) is 2.86. The number of carbonyl (C=O) groups is 1. The Bertz CT molecular complexity index is 531. The van der Waals surface area contributed by atoms with E-state index in [0.717, 1.165) is 11.3 Å². The van der Waals surface area contributed by atoms with Gasteiger partial charge in [-0.05, 0) is 23.8 Å². The molecule has 4 nitrogen and oxygen atoms in total. The smallest absolute Gasteiger partial charge is 0.272 e. The zero-order valence-corrected chi connectivity index (χ0v) is 9.68. The predicted octanol–water partition coefficient (Wildman–Crippen LogP) is 1.74. The zero-order chi connectivity index (χ0) is 12.3. The van der Waals surface area contributed by atoms with E-state index in [-0.39, 0.29) is 5.91 Å². The van der Waals surface area contributed by atoms with Gasteiger partial charge in [-0.15, -0.1) is 0 Å². The van der Waals surface area contributed by atoms with E-state index >= 15 is 0 Å². The quantitative estimate of drug-likeness (QED) is 0.842. The van der Waals surface area contributed by atoms with Crippen molar-refractivity contribution in [2.75, 3.05) is 5.32 Å². The summed E-state index contributed by atoms with van der Waals surface area (Å²) in [6.07, 6.45) is 1.84. The maximum absolute atomic E-state index is 12.0.